The zero-order valence-corrected chi connectivity index (χ0v) is 14.7. The fourth-order valence-corrected chi connectivity index (χ4v) is 3.92. The van der Waals surface area contributed by atoms with Crippen LogP contribution in [-0.4, -0.2) is 37.1 Å². The SMILES string of the molecule is CCCNc1nnc(SCC(=O)Nc2cccc3nsnc23)s1. The van der Waals surface area contributed by atoms with Gasteiger partial charge in [-0.15, -0.1) is 10.2 Å². The molecule has 7 nitrogen and oxygen atoms in total. The van der Waals surface area contributed by atoms with E-state index in [0.717, 1.165) is 45.2 Å². The predicted molar refractivity (Wildman–Crippen MR) is 95.5 cm³/mol. The van der Waals surface area contributed by atoms with Crippen molar-refractivity contribution in [2.45, 2.75) is 17.7 Å². The van der Waals surface area contributed by atoms with Crippen molar-refractivity contribution < 1.29 is 4.79 Å². The lowest BCUT2D eigenvalue weighted by molar-refractivity contribution is -0.113. The highest BCUT2D eigenvalue weighted by molar-refractivity contribution is 8.01. The number of carbonyl (C=O) groups excluding carboxylic acids is 1. The third-order valence-electron chi connectivity index (χ3n) is 2.82. The fourth-order valence-electron chi connectivity index (χ4n) is 1.79. The van der Waals surface area contributed by atoms with Gasteiger partial charge in [0.2, 0.25) is 11.0 Å². The molecule has 0 aliphatic heterocycles. The van der Waals surface area contributed by atoms with Crippen molar-refractivity contribution in [1.82, 2.24) is 18.9 Å². The number of benzene rings is 1. The zero-order chi connectivity index (χ0) is 16.1. The normalized spacial score (nSPS) is 10.8. The molecular formula is C13H14N6OS3. The molecule has 0 radical (unpaired) electrons. The van der Waals surface area contributed by atoms with E-state index in [1.165, 1.54) is 23.1 Å². The third kappa shape index (κ3) is 4.15. The molecule has 0 spiro atoms. The zero-order valence-electron chi connectivity index (χ0n) is 12.3. The Morgan fingerprint density at radius 2 is 2.22 bits per heavy atom. The maximum absolute atomic E-state index is 12.1. The molecule has 0 atom stereocenters. The standard InChI is InChI=1S/C13H14N6OS3/c1-2-6-14-12-16-17-13(22-12)21-7-10(20)15-8-4-3-5-9-11(8)19-23-18-9/h3-5H,2,6-7H2,1H3,(H,14,16)(H,15,20). The Hall–Kier alpha value is -1.78. The Morgan fingerprint density at radius 1 is 1.30 bits per heavy atom. The van der Waals surface area contributed by atoms with Crippen LogP contribution >= 0.6 is 34.8 Å². The molecule has 0 bridgehead atoms. The number of hydrogen-bond acceptors (Lipinski definition) is 9. The Morgan fingerprint density at radius 3 is 3.09 bits per heavy atom. The monoisotopic (exact) mass is 366 g/mol. The number of aromatic nitrogens is 4. The van der Waals surface area contributed by atoms with E-state index in [2.05, 4.69) is 36.5 Å². The van der Waals surface area contributed by atoms with Gasteiger partial charge in [0, 0.05) is 6.54 Å². The van der Waals surface area contributed by atoms with E-state index in [9.17, 15) is 4.79 Å². The molecule has 0 saturated heterocycles. The Bertz CT molecular complexity index is 802. The van der Waals surface area contributed by atoms with Gasteiger partial charge in [-0.05, 0) is 18.6 Å². The molecule has 3 rings (SSSR count). The fraction of sp³-hybridized carbons (Fsp3) is 0.308. The first-order valence-corrected chi connectivity index (χ1v) is 9.51. The summed E-state index contributed by atoms with van der Waals surface area (Å²) in [6.07, 6.45) is 1.03. The van der Waals surface area contributed by atoms with Gasteiger partial charge < -0.3 is 10.6 Å². The van der Waals surface area contributed by atoms with Crippen LogP contribution in [0.25, 0.3) is 11.0 Å². The van der Waals surface area contributed by atoms with Crippen LogP contribution in [0, 0.1) is 0 Å². The number of hydrogen-bond donors (Lipinski definition) is 2. The maximum Gasteiger partial charge on any atom is 0.234 e. The summed E-state index contributed by atoms with van der Waals surface area (Å²) >= 11 is 3.96. The summed E-state index contributed by atoms with van der Waals surface area (Å²) in [4.78, 5) is 12.1. The van der Waals surface area contributed by atoms with Gasteiger partial charge in [0.05, 0.1) is 23.2 Å². The van der Waals surface area contributed by atoms with Crippen LogP contribution < -0.4 is 10.6 Å². The Labute approximate surface area is 145 Å². The molecule has 1 aromatic carbocycles. The number of nitrogens with one attached hydrogen (secondary N) is 2. The minimum Gasteiger partial charge on any atom is -0.360 e. The van der Waals surface area contributed by atoms with Gasteiger partial charge in [-0.2, -0.15) is 8.75 Å². The molecular weight excluding hydrogens is 352 g/mol. The van der Waals surface area contributed by atoms with Gasteiger partial charge >= 0.3 is 0 Å². The number of fused-ring (bicyclic) bond motifs is 1. The highest BCUT2D eigenvalue weighted by Crippen LogP contribution is 2.26. The van der Waals surface area contributed by atoms with E-state index < -0.39 is 0 Å². The number of carbonyl (C=O) groups is 1. The lowest BCUT2D eigenvalue weighted by atomic mass is 10.2. The van der Waals surface area contributed by atoms with E-state index in [4.69, 9.17) is 0 Å². The summed E-state index contributed by atoms with van der Waals surface area (Å²) in [5.74, 6) is 0.171. The molecule has 0 aliphatic carbocycles. The van der Waals surface area contributed by atoms with Gasteiger partial charge in [0.25, 0.3) is 0 Å². The minimum absolute atomic E-state index is 0.103. The molecule has 0 unspecified atom stereocenters. The number of anilines is 2. The highest BCUT2D eigenvalue weighted by atomic mass is 32.2. The molecule has 23 heavy (non-hydrogen) atoms. The molecule has 0 saturated carbocycles. The van der Waals surface area contributed by atoms with Crippen molar-refractivity contribution in [2.24, 2.45) is 0 Å². The molecule has 3 aromatic rings. The highest BCUT2D eigenvalue weighted by Gasteiger charge is 2.11. The molecule has 1 amide bonds. The minimum atomic E-state index is -0.103. The first-order chi connectivity index (χ1) is 11.3. The van der Waals surface area contributed by atoms with Crippen molar-refractivity contribution in [3.05, 3.63) is 18.2 Å². The topological polar surface area (TPSA) is 92.7 Å². The summed E-state index contributed by atoms with van der Waals surface area (Å²) in [6.45, 7) is 2.96. The van der Waals surface area contributed by atoms with Crippen LogP contribution in [-0.2, 0) is 4.79 Å². The van der Waals surface area contributed by atoms with Crippen molar-refractivity contribution >= 4 is 62.6 Å². The molecule has 2 aromatic heterocycles. The van der Waals surface area contributed by atoms with Crippen LogP contribution in [0.4, 0.5) is 10.8 Å². The quantitative estimate of drug-likeness (QED) is 0.621. The Balaban J connectivity index is 1.55. The van der Waals surface area contributed by atoms with E-state index >= 15 is 0 Å². The second-order valence-corrected chi connectivity index (χ2v) is 7.30. The van der Waals surface area contributed by atoms with Gasteiger partial charge in [0.15, 0.2) is 4.34 Å². The second kappa shape index (κ2) is 7.66. The first-order valence-electron chi connectivity index (χ1n) is 6.97. The lowest BCUT2D eigenvalue weighted by Crippen LogP contribution is -2.14. The molecule has 2 N–H and O–H groups in total. The van der Waals surface area contributed by atoms with Crippen molar-refractivity contribution in [3.8, 4) is 0 Å². The van der Waals surface area contributed by atoms with E-state index in [0.29, 0.717) is 5.69 Å². The van der Waals surface area contributed by atoms with Crippen LogP contribution in [0.3, 0.4) is 0 Å². The Kier molecular flexibility index (Phi) is 5.36. The van der Waals surface area contributed by atoms with E-state index in [1.54, 1.807) is 0 Å². The van der Waals surface area contributed by atoms with Gasteiger partial charge in [-0.1, -0.05) is 36.1 Å². The number of nitrogens with zero attached hydrogens (tertiary/aromatic N) is 4. The molecule has 0 aliphatic rings. The van der Waals surface area contributed by atoms with Crippen LogP contribution in [0.1, 0.15) is 13.3 Å². The third-order valence-corrected chi connectivity index (χ3v) is 5.38. The number of thioether (sulfide) groups is 1. The predicted octanol–water partition coefficient (Wildman–Crippen LogP) is 3.10. The van der Waals surface area contributed by atoms with Gasteiger partial charge in [0.1, 0.15) is 11.0 Å². The average molecular weight is 366 g/mol. The number of rotatable bonds is 7. The first kappa shape index (κ1) is 16.1. The summed E-state index contributed by atoms with van der Waals surface area (Å²) in [7, 11) is 0. The van der Waals surface area contributed by atoms with Crippen molar-refractivity contribution in [2.75, 3.05) is 22.9 Å². The van der Waals surface area contributed by atoms with Crippen LogP contribution in [0.5, 0.6) is 0 Å². The summed E-state index contributed by atoms with van der Waals surface area (Å²) in [5, 5.41) is 14.9. The summed E-state index contributed by atoms with van der Waals surface area (Å²) in [5.41, 5.74) is 2.19. The number of amides is 1. The van der Waals surface area contributed by atoms with Crippen LogP contribution in [0.15, 0.2) is 22.5 Å². The molecule has 10 heteroatoms. The smallest absolute Gasteiger partial charge is 0.234 e. The summed E-state index contributed by atoms with van der Waals surface area (Å²) < 4.78 is 9.13. The van der Waals surface area contributed by atoms with E-state index in [1.807, 2.05) is 18.2 Å². The van der Waals surface area contributed by atoms with Gasteiger partial charge in [-0.3, -0.25) is 4.79 Å². The maximum atomic E-state index is 12.1. The van der Waals surface area contributed by atoms with E-state index in [-0.39, 0.29) is 11.7 Å². The average Bonchev–Trinajstić information content (AvgIpc) is 3.20. The second-order valence-electron chi connectivity index (χ2n) is 4.57. The molecule has 0 fully saturated rings. The van der Waals surface area contributed by atoms with Crippen molar-refractivity contribution in [3.63, 3.8) is 0 Å². The lowest BCUT2D eigenvalue weighted by Gasteiger charge is -2.04. The van der Waals surface area contributed by atoms with Gasteiger partial charge in [-0.25, -0.2) is 0 Å². The molecule has 2 heterocycles. The molecule has 120 valence electrons. The van der Waals surface area contributed by atoms with Crippen LogP contribution in [0.2, 0.25) is 0 Å². The van der Waals surface area contributed by atoms with Crippen molar-refractivity contribution in [1.29, 1.82) is 0 Å². The largest absolute Gasteiger partial charge is 0.360 e. The summed E-state index contributed by atoms with van der Waals surface area (Å²) in [6, 6.07) is 5.54.